The topological polar surface area (TPSA) is 37.8 Å². The average molecular weight is 492 g/mol. The summed E-state index contributed by atoms with van der Waals surface area (Å²) in [6.45, 7) is 5.33. The van der Waals surface area contributed by atoms with Crippen molar-refractivity contribution in [3.05, 3.63) is 82.5 Å². The van der Waals surface area contributed by atoms with E-state index in [0.29, 0.717) is 6.61 Å². The zero-order chi connectivity index (χ0) is 20.8. The van der Waals surface area contributed by atoms with Gasteiger partial charge in [-0.2, -0.15) is 0 Å². The maximum atomic E-state index is 6.02. The number of benzene rings is 2. The van der Waals surface area contributed by atoms with Crippen LogP contribution < -0.4 is 43.9 Å². The summed E-state index contributed by atoms with van der Waals surface area (Å²) in [4.78, 5) is 9.27. The van der Waals surface area contributed by atoms with Crippen molar-refractivity contribution in [2.24, 2.45) is 0 Å². The van der Waals surface area contributed by atoms with Crippen molar-refractivity contribution in [2.45, 2.75) is 13.2 Å². The SMILES string of the molecule is COc1cc(CN2CCN(c3ccccn3)CC2)c(Br)cc1OCc1ccccc1.[H-].[Na+]. The van der Waals surface area contributed by atoms with E-state index in [2.05, 4.69) is 55.0 Å². The zero-order valence-electron chi connectivity index (χ0n) is 19.1. The molecule has 0 spiro atoms. The van der Waals surface area contributed by atoms with Crippen LogP contribution in [-0.2, 0) is 13.2 Å². The smallest absolute Gasteiger partial charge is 1.00 e. The molecular formula is C24H27BrN3NaO2. The Kier molecular flexibility index (Phi) is 9.23. The third-order valence-corrected chi connectivity index (χ3v) is 6.05. The van der Waals surface area contributed by atoms with Crippen molar-refractivity contribution in [3.8, 4) is 11.5 Å². The van der Waals surface area contributed by atoms with E-state index in [4.69, 9.17) is 9.47 Å². The van der Waals surface area contributed by atoms with Gasteiger partial charge in [0.25, 0.3) is 0 Å². The van der Waals surface area contributed by atoms with Gasteiger partial charge in [-0.3, -0.25) is 4.90 Å². The molecule has 0 bridgehead atoms. The first-order valence-electron chi connectivity index (χ1n) is 10.1. The Balaban J connectivity index is 0.00000181. The maximum Gasteiger partial charge on any atom is 1.00 e. The molecule has 1 fully saturated rings. The van der Waals surface area contributed by atoms with Crippen molar-refractivity contribution >= 4 is 21.7 Å². The van der Waals surface area contributed by atoms with Gasteiger partial charge in [0.05, 0.1) is 7.11 Å². The van der Waals surface area contributed by atoms with Crippen LogP contribution in [0.5, 0.6) is 11.5 Å². The van der Waals surface area contributed by atoms with Crippen molar-refractivity contribution in [2.75, 3.05) is 38.2 Å². The summed E-state index contributed by atoms with van der Waals surface area (Å²) in [5.41, 5.74) is 2.33. The second-order valence-electron chi connectivity index (χ2n) is 7.32. The number of nitrogens with zero attached hydrogens (tertiary/aromatic N) is 3. The van der Waals surface area contributed by atoms with E-state index in [1.807, 2.05) is 42.6 Å². The third-order valence-electron chi connectivity index (χ3n) is 5.31. The van der Waals surface area contributed by atoms with Crippen molar-refractivity contribution in [1.82, 2.24) is 9.88 Å². The Morgan fingerprint density at radius 2 is 1.71 bits per heavy atom. The van der Waals surface area contributed by atoms with Crippen LogP contribution in [0.4, 0.5) is 5.82 Å². The number of rotatable bonds is 7. The largest absolute Gasteiger partial charge is 1.00 e. The molecule has 0 N–H and O–H groups in total. The number of ether oxygens (including phenoxy) is 2. The normalized spacial score (nSPS) is 14.1. The second-order valence-corrected chi connectivity index (χ2v) is 8.17. The molecular weight excluding hydrogens is 465 g/mol. The molecule has 5 nitrogen and oxygen atoms in total. The maximum absolute atomic E-state index is 6.02. The predicted octanol–water partition coefficient (Wildman–Crippen LogP) is 1.87. The van der Waals surface area contributed by atoms with E-state index in [1.165, 1.54) is 5.56 Å². The van der Waals surface area contributed by atoms with Gasteiger partial charge >= 0.3 is 29.6 Å². The number of methoxy groups -OCH3 is 1. The molecule has 158 valence electrons. The Bertz CT molecular complexity index is 958. The molecule has 0 unspecified atom stereocenters. The van der Waals surface area contributed by atoms with E-state index >= 15 is 0 Å². The van der Waals surface area contributed by atoms with Gasteiger partial charge in [0.2, 0.25) is 0 Å². The van der Waals surface area contributed by atoms with Gasteiger partial charge in [0, 0.05) is 43.4 Å². The van der Waals surface area contributed by atoms with Crippen molar-refractivity contribution < 1.29 is 40.5 Å². The van der Waals surface area contributed by atoms with Gasteiger partial charge < -0.3 is 15.8 Å². The summed E-state index contributed by atoms with van der Waals surface area (Å²) in [5, 5.41) is 0. The Hall–Kier alpha value is -1.57. The molecule has 4 rings (SSSR count). The minimum atomic E-state index is 0. The minimum absolute atomic E-state index is 0. The fourth-order valence-corrected chi connectivity index (χ4v) is 4.07. The van der Waals surface area contributed by atoms with Crippen LogP contribution in [0.15, 0.2) is 71.3 Å². The molecule has 1 aromatic heterocycles. The summed E-state index contributed by atoms with van der Waals surface area (Å²) in [7, 11) is 1.69. The number of halogens is 1. The van der Waals surface area contributed by atoms with E-state index in [9.17, 15) is 0 Å². The molecule has 1 saturated heterocycles. The Morgan fingerprint density at radius 1 is 0.968 bits per heavy atom. The molecule has 2 heterocycles. The van der Waals surface area contributed by atoms with Crippen LogP contribution in [-0.4, -0.2) is 43.2 Å². The summed E-state index contributed by atoms with van der Waals surface area (Å²) in [6, 6.07) is 20.3. The van der Waals surface area contributed by atoms with Crippen LogP contribution in [0.1, 0.15) is 12.6 Å². The quantitative estimate of drug-likeness (QED) is 0.471. The molecule has 0 saturated carbocycles. The van der Waals surface area contributed by atoms with E-state index in [-0.39, 0.29) is 31.0 Å². The summed E-state index contributed by atoms with van der Waals surface area (Å²) in [5.74, 6) is 2.56. The predicted molar refractivity (Wildman–Crippen MR) is 124 cm³/mol. The summed E-state index contributed by atoms with van der Waals surface area (Å²) in [6.07, 6.45) is 1.85. The number of anilines is 1. The van der Waals surface area contributed by atoms with Gasteiger partial charge in [-0.25, -0.2) is 4.98 Å². The first kappa shape index (κ1) is 24.1. The van der Waals surface area contributed by atoms with E-state index in [0.717, 1.165) is 60.1 Å². The number of aromatic nitrogens is 1. The molecule has 7 heteroatoms. The van der Waals surface area contributed by atoms with E-state index < -0.39 is 0 Å². The number of hydrogen-bond donors (Lipinski definition) is 0. The third kappa shape index (κ3) is 6.46. The summed E-state index contributed by atoms with van der Waals surface area (Å²) < 4.78 is 12.7. The Morgan fingerprint density at radius 3 is 2.39 bits per heavy atom. The number of pyridine rings is 1. The Labute approximate surface area is 216 Å². The van der Waals surface area contributed by atoms with Gasteiger partial charge in [0.1, 0.15) is 12.4 Å². The second kappa shape index (κ2) is 11.9. The first-order valence-corrected chi connectivity index (χ1v) is 10.9. The van der Waals surface area contributed by atoms with Crippen LogP contribution in [0.25, 0.3) is 0 Å². The molecule has 0 aliphatic carbocycles. The van der Waals surface area contributed by atoms with Crippen LogP contribution in [0, 0.1) is 0 Å². The van der Waals surface area contributed by atoms with Crippen molar-refractivity contribution in [3.63, 3.8) is 0 Å². The molecule has 3 aromatic rings. The standard InChI is InChI=1S/C24H26BrN3O2.Na.H/c1-29-22-15-20(21(25)16-23(22)30-18-19-7-3-2-4-8-19)17-27-11-13-28(14-12-27)24-9-5-6-10-26-24;;/h2-10,15-16H,11-14,17-18H2,1H3;;/q;+1;-1. The van der Waals surface area contributed by atoms with Gasteiger partial charge in [-0.15, -0.1) is 0 Å². The molecule has 1 aliphatic rings. The summed E-state index contributed by atoms with van der Waals surface area (Å²) >= 11 is 3.73. The van der Waals surface area contributed by atoms with Crippen LogP contribution in [0.2, 0.25) is 0 Å². The van der Waals surface area contributed by atoms with Crippen LogP contribution >= 0.6 is 15.9 Å². The number of hydrogen-bond acceptors (Lipinski definition) is 5. The van der Waals surface area contributed by atoms with Crippen LogP contribution in [0.3, 0.4) is 0 Å². The fourth-order valence-electron chi connectivity index (χ4n) is 3.62. The molecule has 0 atom stereocenters. The van der Waals surface area contributed by atoms with E-state index in [1.54, 1.807) is 7.11 Å². The van der Waals surface area contributed by atoms with Gasteiger partial charge in [0.15, 0.2) is 11.5 Å². The van der Waals surface area contributed by atoms with Gasteiger partial charge in [-0.05, 0) is 35.4 Å². The molecule has 0 radical (unpaired) electrons. The van der Waals surface area contributed by atoms with Gasteiger partial charge in [-0.1, -0.05) is 52.3 Å². The minimum Gasteiger partial charge on any atom is -1.00 e. The fraction of sp³-hybridized carbons (Fsp3) is 0.292. The number of piperazine rings is 1. The molecule has 31 heavy (non-hydrogen) atoms. The zero-order valence-corrected chi connectivity index (χ0v) is 21.7. The monoisotopic (exact) mass is 491 g/mol. The first-order chi connectivity index (χ1) is 14.7. The van der Waals surface area contributed by atoms with Crippen molar-refractivity contribution in [1.29, 1.82) is 0 Å². The molecule has 1 aliphatic heterocycles. The average Bonchev–Trinajstić information content (AvgIpc) is 2.81. The molecule has 0 amide bonds. The molecule has 2 aromatic carbocycles.